The van der Waals surface area contributed by atoms with Crippen LogP contribution in [0.25, 0.3) is 0 Å². The lowest BCUT2D eigenvalue weighted by Crippen LogP contribution is -2.25. The highest BCUT2D eigenvalue weighted by Gasteiger charge is 2.32. The fourth-order valence-electron chi connectivity index (χ4n) is 2.46. The molecule has 0 aliphatic carbocycles. The molecular formula is C19H16ClN3O4S. The van der Waals surface area contributed by atoms with E-state index in [1.54, 1.807) is 48.5 Å². The van der Waals surface area contributed by atoms with Crippen LogP contribution in [0.15, 0.2) is 53.6 Å². The van der Waals surface area contributed by atoms with Gasteiger partial charge in [-0.3, -0.25) is 9.59 Å². The molecule has 0 radical (unpaired) electrons. The van der Waals surface area contributed by atoms with E-state index in [-0.39, 0.29) is 11.8 Å². The van der Waals surface area contributed by atoms with Crippen molar-refractivity contribution in [3.63, 3.8) is 0 Å². The Morgan fingerprint density at radius 3 is 2.50 bits per heavy atom. The zero-order valence-electron chi connectivity index (χ0n) is 15.0. The molecule has 3 rings (SSSR count). The summed E-state index contributed by atoms with van der Waals surface area (Å²) in [6, 6.07) is 13.2. The highest BCUT2D eigenvalue weighted by Crippen LogP contribution is 2.39. The molecule has 1 atom stereocenters. The second-order valence-corrected chi connectivity index (χ2v) is 7.39. The number of carbonyl (C=O) groups is 3. The van der Waals surface area contributed by atoms with Crippen LogP contribution >= 0.6 is 23.4 Å². The van der Waals surface area contributed by atoms with Crippen LogP contribution in [-0.4, -0.2) is 28.0 Å². The summed E-state index contributed by atoms with van der Waals surface area (Å²) < 4.78 is 5.43. The third-order valence-corrected chi connectivity index (χ3v) is 5.04. The second kappa shape index (κ2) is 8.45. The van der Waals surface area contributed by atoms with Gasteiger partial charge in [0.2, 0.25) is 11.8 Å². The van der Waals surface area contributed by atoms with Crippen LogP contribution in [0.3, 0.4) is 0 Å². The van der Waals surface area contributed by atoms with Crippen molar-refractivity contribution in [2.24, 2.45) is 5.10 Å². The van der Waals surface area contributed by atoms with Gasteiger partial charge in [0.1, 0.15) is 11.1 Å². The van der Waals surface area contributed by atoms with E-state index in [2.05, 4.69) is 10.4 Å². The fraction of sp³-hybridized carbons (Fsp3) is 0.158. The van der Waals surface area contributed by atoms with E-state index in [1.807, 2.05) is 0 Å². The van der Waals surface area contributed by atoms with Crippen molar-refractivity contribution in [2.45, 2.75) is 19.2 Å². The van der Waals surface area contributed by atoms with Gasteiger partial charge in [0, 0.05) is 18.9 Å². The van der Waals surface area contributed by atoms with E-state index in [0.29, 0.717) is 27.1 Å². The lowest BCUT2D eigenvalue weighted by atomic mass is 10.2. The van der Waals surface area contributed by atoms with Crippen LogP contribution in [-0.2, 0) is 9.59 Å². The quantitative estimate of drug-likeness (QED) is 0.609. The molecule has 144 valence electrons. The molecule has 0 bridgehead atoms. The number of rotatable bonds is 3. The highest BCUT2D eigenvalue weighted by atomic mass is 35.5. The van der Waals surface area contributed by atoms with Crippen LogP contribution in [0.2, 0.25) is 5.02 Å². The van der Waals surface area contributed by atoms with Crippen molar-refractivity contribution in [1.29, 1.82) is 0 Å². The maximum Gasteiger partial charge on any atom is 0.343 e. The number of amides is 2. The predicted octanol–water partition coefficient (Wildman–Crippen LogP) is 3.56. The molecule has 9 heteroatoms. The summed E-state index contributed by atoms with van der Waals surface area (Å²) in [6.07, 6.45) is 0. The molecule has 1 heterocycles. The Hall–Kier alpha value is -2.84. The van der Waals surface area contributed by atoms with E-state index in [0.717, 1.165) is 0 Å². The molecule has 2 aromatic carbocycles. The van der Waals surface area contributed by atoms with Crippen molar-refractivity contribution in [1.82, 2.24) is 10.3 Å². The maximum absolute atomic E-state index is 12.3. The number of nitrogens with zero attached hydrogens (tertiary/aromatic N) is 2. The van der Waals surface area contributed by atoms with Gasteiger partial charge >= 0.3 is 5.97 Å². The monoisotopic (exact) mass is 417 g/mol. The number of amidine groups is 1. The van der Waals surface area contributed by atoms with Gasteiger partial charge in [-0.05, 0) is 42.0 Å². The SMILES string of the molecule is CC(=O)NC1=NN(C(C)=O)[C@@H](c2cccc(OC(=O)c3ccc(Cl)cc3)c2)S1. The molecule has 0 spiro atoms. The van der Waals surface area contributed by atoms with Crippen molar-refractivity contribution in [3.8, 4) is 5.75 Å². The van der Waals surface area contributed by atoms with Crippen molar-refractivity contribution in [2.75, 3.05) is 0 Å². The zero-order chi connectivity index (χ0) is 20.3. The molecule has 0 saturated heterocycles. The first-order valence-electron chi connectivity index (χ1n) is 8.24. The minimum atomic E-state index is -0.522. The molecule has 0 fully saturated rings. The van der Waals surface area contributed by atoms with E-state index in [1.165, 1.54) is 30.6 Å². The molecule has 0 saturated carbocycles. The average molecular weight is 418 g/mol. The van der Waals surface area contributed by atoms with E-state index < -0.39 is 11.3 Å². The second-order valence-electron chi connectivity index (χ2n) is 5.89. The summed E-state index contributed by atoms with van der Waals surface area (Å²) in [7, 11) is 0. The summed E-state index contributed by atoms with van der Waals surface area (Å²) in [5.74, 6) is -0.747. The van der Waals surface area contributed by atoms with Crippen LogP contribution in [0.5, 0.6) is 5.75 Å². The fourth-order valence-corrected chi connectivity index (χ4v) is 3.72. The number of nitrogens with one attached hydrogen (secondary N) is 1. The van der Waals surface area contributed by atoms with Crippen molar-refractivity contribution >= 4 is 46.3 Å². The molecule has 1 aliphatic heterocycles. The Bertz CT molecular complexity index is 962. The van der Waals surface area contributed by atoms with E-state index in [4.69, 9.17) is 16.3 Å². The summed E-state index contributed by atoms with van der Waals surface area (Å²) >= 11 is 7.05. The Morgan fingerprint density at radius 2 is 1.86 bits per heavy atom. The van der Waals surface area contributed by atoms with Crippen LogP contribution in [0.4, 0.5) is 0 Å². The standard InChI is InChI=1S/C19H16ClN3O4S/c1-11(24)21-19-22-23(12(2)25)17(28-19)14-4-3-5-16(10-14)27-18(26)13-6-8-15(20)9-7-13/h3-10,17H,1-2H3,(H,21,22,24)/t17-/m1/s1. The summed E-state index contributed by atoms with van der Waals surface area (Å²) in [4.78, 5) is 35.5. The number of halogens is 1. The summed E-state index contributed by atoms with van der Waals surface area (Å²) in [5.41, 5.74) is 1.07. The Balaban J connectivity index is 1.79. The first-order chi connectivity index (χ1) is 13.3. The average Bonchev–Trinajstić information content (AvgIpc) is 3.06. The molecule has 0 aromatic heterocycles. The Morgan fingerprint density at radius 1 is 1.14 bits per heavy atom. The molecule has 0 unspecified atom stereocenters. The van der Waals surface area contributed by atoms with Gasteiger partial charge in [-0.15, -0.1) is 5.10 Å². The summed E-state index contributed by atoms with van der Waals surface area (Å²) in [6.45, 7) is 2.75. The number of hydrazone groups is 1. The topological polar surface area (TPSA) is 88.1 Å². The van der Waals surface area contributed by atoms with Gasteiger partial charge in [0.15, 0.2) is 5.17 Å². The number of thioether (sulfide) groups is 1. The molecule has 1 N–H and O–H groups in total. The molecule has 1 aliphatic rings. The Labute approximate surface area is 170 Å². The van der Waals surface area contributed by atoms with Gasteiger partial charge in [-0.2, -0.15) is 0 Å². The number of ether oxygens (including phenoxy) is 1. The minimum absolute atomic E-state index is 0.276. The normalized spacial score (nSPS) is 15.8. The molecule has 7 nitrogen and oxygen atoms in total. The Kier molecular flexibility index (Phi) is 6.01. The van der Waals surface area contributed by atoms with Gasteiger partial charge in [-0.25, -0.2) is 9.80 Å². The summed E-state index contributed by atoms with van der Waals surface area (Å²) in [5, 5.41) is 8.38. The van der Waals surface area contributed by atoms with Crippen LogP contribution < -0.4 is 10.1 Å². The van der Waals surface area contributed by atoms with Crippen LogP contribution in [0.1, 0.15) is 35.1 Å². The van der Waals surface area contributed by atoms with Gasteiger partial charge in [-0.1, -0.05) is 35.5 Å². The largest absolute Gasteiger partial charge is 0.423 e. The number of hydrogen-bond acceptors (Lipinski definition) is 6. The van der Waals surface area contributed by atoms with E-state index in [9.17, 15) is 14.4 Å². The zero-order valence-corrected chi connectivity index (χ0v) is 16.6. The van der Waals surface area contributed by atoms with Crippen LogP contribution in [0, 0.1) is 0 Å². The van der Waals surface area contributed by atoms with Crippen molar-refractivity contribution < 1.29 is 19.1 Å². The number of benzene rings is 2. The minimum Gasteiger partial charge on any atom is -0.423 e. The van der Waals surface area contributed by atoms with Gasteiger partial charge in [0.05, 0.1) is 5.56 Å². The molecule has 2 amide bonds. The lowest BCUT2D eigenvalue weighted by Gasteiger charge is -2.19. The maximum atomic E-state index is 12.3. The molecular weight excluding hydrogens is 402 g/mol. The van der Waals surface area contributed by atoms with Gasteiger partial charge in [0.25, 0.3) is 0 Å². The third-order valence-electron chi connectivity index (χ3n) is 3.68. The number of carbonyl (C=O) groups excluding carboxylic acids is 3. The lowest BCUT2D eigenvalue weighted by molar-refractivity contribution is -0.129. The van der Waals surface area contributed by atoms with Gasteiger partial charge < -0.3 is 10.1 Å². The molecule has 2 aromatic rings. The predicted molar refractivity (Wildman–Crippen MR) is 107 cm³/mol. The van der Waals surface area contributed by atoms with Crippen molar-refractivity contribution in [3.05, 3.63) is 64.7 Å². The first-order valence-corrected chi connectivity index (χ1v) is 9.49. The van der Waals surface area contributed by atoms with E-state index >= 15 is 0 Å². The number of esters is 1. The molecule has 28 heavy (non-hydrogen) atoms. The third kappa shape index (κ3) is 4.71. The first kappa shape index (κ1) is 19.9. The highest BCUT2D eigenvalue weighted by molar-refractivity contribution is 8.14. The smallest absolute Gasteiger partial charge is 0.343 e. The number of hydrogen-bond donors (Lipinski definition) is 1.